The number of nitrogens with two attached hydrogens (primary N) is 1. The van der Waals surface area contributed by atoms with Gasteiger partial charge in [0.25, 0.3) is 0 Å². The highest BCUT2D eigenvalue weighted by Crippen LogP contribution is 2.19. The summed E-state index contributed by atoms with van der Waals surface area (Å²) in [5, 5.41) is 9.47. The number of phenolic OH excluding ortho intramolecular Hbond substituents is 1. The minimum Gasteiger partial charge on any atom is -0.508 e. The van der Waals surface area contributed by atoms with Crippen molar-refractivity contribution >= 4 is 5.91 Å². The fourth-order valence-corrected chi connectivity index (χ4v) is 2.32. The van der Waals surface area contributed by atoms with Crippen molar-refractivity contribution in [2.75, 3.05) is 19.8 Å². The van der Waals surface area contributed by atoms with Crippen LogP contribution in [0.1, 0.15) is 18.4 Å². The predicted molar refractivity (Wildman–Crippen MR) is 71.6 cm³/mol. The normalized spacial score (nSPS) is 19.7. The number of phenols is 1. The zero-order valence-electron chi connectivity index (χ0n) is 10.9. The first-order valence-corrected chi connectivity index (χ1v) is 6.56. The highest BCUT2D eigenvalue weighted by Gasteiger charge is 2.28. The second-order valence-corrected chi connectivity index (χ2v) is 4.79. The zero-order valence-corrected chi connectivity index (χ0v) is 10.9. The average molecular weight is 264 g/mol. The Labute approximate surface area is 113 Å². The maximum Gasteiger partial charge on any atom is 0.249 e. The van der Waals surface area contributed by atoms with E-state index in [0.29, 0.717) is 19.7 Å². The Morgan fingerprint density at radius 1 is 1.47 bits per heavy atom. The van der Waals surface area contributed by atoms with Crippen molar-refractivity contribution in [2.24, 2.45) is 5.73 Å². The fourth-order valence-electron chi connectivity index (χ4n) is 2.32. The van der Waals surface area contributed by atoms with Gasteiger partial charge >= 0.3 is 0 Å². The number of nitrogens with zero attached hydrogens (tertiary/aromatic N) is 1. The van der Waals surface area contributed by atoms with E-state index >= 15 is 0 Å². The number of carbonyl (C=O) groups excluding carboxylic acids is 1. The first kappa shape index (κ1) is 13.8. The van der Waals surface area contributed by atoms with E-state index in [1.165, 1.54) is 0 Å². The second-order valence-electron chi connectivity index (χ2n) is 4.79. The number of hydrogen-bond acceptors (Lipinski definition) is 4. The summed E-state index contributed by atoms with van der Waals surface area (Å²) >= 11 is 0. The molecule has 0 aliphatic carbocycles. The standard InChI is InChI=1S/C14H20N2O3/c15-6-2-4-12-9-19-10-14(18)16(12)8-11-3-1-5-13(17)7-11/h1,3,5,7,12,17H,2,4,6,8-10,15H2. The molecule has 0 saturated carbocycles. The largest absolute Gasteiger partial charge is 0.508 e. The van der Waals surface area contributed by atoms with Crippen molar-refractivity contribution in [2.45, 2.75) is 25.4 Å². The monoisotopic (exact) mass is 264 g/mol. The topological polar surface area (TPSA) is 75.8 Å². The summed E-state index contributed by atoms with van der Waals surface area (Å²) < 4.78 is 5.30. The van der Waals surface area contributed by atoms with E-state index < -0.39 is 0 Å². The molecule has 1 atom stereocenters. The van der Waals surface area contributed by atoms with E-state index in [1.54, 1.807) is 18.2 Å². The molecule has 5 heteroatoms. The summed E-state index contributed by atoms with van der Waals surface area (Å²) in [6.07, 6.45) is 1.72. The van der Waals surface area contributed by atoms with Gasteiger partial charge < -0.3 is 20.5 Å². The van der Waals surface area contributed by atoms with Crippen LogP contribution in [0.2, 0.25) is 0 Å². The van der Waals surface area contributed by atoms with Gasteiger partial charge in [-0.2, -0.15) is 0 Å². The van der Waals surface area contributed by atoms with Gasteiger partial charge in [0.05, 0.1) is 12.6 Å². The molecular formula is C14H20N2O3. The third-order valence-corrected chi connectivity index (χ3v) is 3.30. The number of carbonyl (C=O) groups is 1. The maximum absolute atomic E-state index is 12.0. The number of rotatable bonds is 5. The molecule has 5 nitrogen and oxygen atoms in total. The van der Waals surface area contributed by atoms with Crippen LogP contribution in [-0.2, 0) is 16.1 Å². The first-order valence-electron chi connectivity index (χ1n) is 6.56. The highest BCUT2D eigenvalue weighted by atomic mass is 16.5. The van der Waals surface area contributed by atoms with Crippen LogP contribution >= 0.6 is 0 Å². The molecule has 104 valence electrons. The van der Waals surface area contributed by atoms with E-state index in [2.05, 4.69) is 0 Å². The maximum atomic E-state index is 12.0. The van der Waals surface area contributed by atoms with Crippen molar-refractivity contribution in [3.05, 3.63) is 29.8 Å². The van der Waals surface area contributed by atoms with Crippen LogP contribution in [-0.4, -0.2) is 41.7 Å². The summed E-state index contributed by atoms with van der Waals surface area (Å²) in [4.78, 5) is 13.8. The van der Waals surface area contributed by atoms with Crippen molar-refractivity contribution in [1.82, 2.24) is 4.90 Å². The highest BCUT2D eigenvalue weighted by molar-refractivity contribution is 5.78. The Morgan fingerprint density at radius 3 is 3.05 bits per heavy atom. The minimum absolute atomic E-state index is 0.00313. The van der Waals surface area contributed by atoms with Crippen LogP contribution in [0.4, 0.5) is 0 Å². The lowest BCUT2D eigenvalue weighted by atomic mass is 10.1. The Balaban J connectivity index is 2.06. The molecule has 1 aromatic carbocycles. The van der Waals surface area contributed by atoms with Crippen LogP contribution in [0.25, 0.3) is 0 Å². The van der Waals surface area contributed by atoms with Gasteiger partial charge in [-0.1, -0.05) is 12.1 Å². The number of amides is 1. The number of benzene rings is 1. The number of hydrogen-bond donors (Lipinski definition) is 2. The van der Waals surface area contributed by atoms with Gasteiger partial charge in [0, 0.05) is 6.54 Å². The van der Waals surface area contributed by atoms with Crippen molar-refractivity contribution < 1.29 is 14.6 Å². The number of ether oxygens (including phenoxy) is 1. The molecule has 1 aromatic rings. The molecular weight excluding hydrogens is 244 g/mol. The quantitative estimate of drug-likeness (QED) is 0.827. The van der Waals surface area contributed by atoms with Gasteiger partial charge in [0.2, 0.25) is 5.91 Å². The smallest absolute Gasteiger partial charge is 0.249 e. The molecule has 1 fully saturated rings. The molecule has 0 radical (unpaired) electrons. The molecule has 0 bridgehead atoms. The Bertz CT molecular complexity index is 436. The Kier molecular flexibility index (Phi) is 4.76. The van der Waals surface area contributed by atoms with Crippen LogP contribution in [0, 0.1) is 0 Å². The summed E-state index contributed by atoms with van der Waals surface area (Å²) in [5.74, 6) is 0.216. The van der Waals surface area contributed by atoms with E-state index in [4.69, 9.17) is 10.5 Å². The Hall–Kier alpha value is -1.59. The summed E-state index contributed by atoms with van der Waals surface area (Å²) in [7, 11) is 0. The SMILES string of the molecule is NCCCC1COCC(=O)N1Cc1cccc(O)c1. The fraction of sp³-hybridized carbons (Fsp3) is 0.500. The molecule has 0 aromatic heterocycles. The first-order chi connectivity index (χ1) is 9.20. The third-order valence-electron chi connectivity index (χ3n) is 3.30. The van der Waals surface area contributed by atoms with Crippen molar-refractivity contribution in [3.8, 4) is 5.75 Å². The van der Waals surface area contributed by atoms with Gasteiger partial charge in [-0.15, -0.1) is 0 Å². The molecule has 1 saturated heterocycles. The van der Waals surface area contributed by atoms with Crippen LogP contribution in [0.5, 0.6) is 5.75 Å². The van der Waals surface area contributed by atoms with Gasteiger partial charge in [0.15, 0.2) is 0 Å². The van der Waals surface area contributed by atoms with E-state index in [9.17, 15) is 9.90 Å². The van der Waals surface area contributed by atoms with Gasteiger partial charge in [-0.25, -0.2) is 0 Å². The summed E-state index contributed by atoms with van der Waals surface area (Å²) in [6.45, 7) is 1.82. The van der Waals surface area contributed by atoms with Crippen LogP contribution in [0.15, 0.2) is 24.3 Å². The van der Waals surface area contributed by atoms with E-state index in [1.807, 2.05) is 11.0 Å². The van der Waals surface area contributed by atoms with Crippen LogP contribution < -0.4 is 5.73 Å². The average Bonchev–Trinajstić information content (AvgIpc) is 2.39. The molecule has 1 unspecified atom stereocenters. The molecule has 0 spiro atoms. The molecule has 19 heavy (non-hydrogen) atoms. The minimum atomic E-state index is -0.00313. The molecule has 3 N–H and O–H groups in total. The van der Waals surface area contributed by atoms with E-state index in [0.717, 1.165) is 18.4 Å². The molecule has 1 aliphatic rings. The van der Waals surface area contributed by atoms with Crippen molar-refractivity contribution in [3.63, 3.8) is 0 Å². The second kappa shape index (κ2) is 6.54. The van der Waals surface area contributed by atoms with Crippen LogP contribution in [0.3, 0.4) is 0 Å². The number of morpholine rings is 1. The lowest BCUT2D eigenvalue weighted by Gasteiger charge is -2.35. The Morgan fingerprint density at radius 2 is 2.32 bits per heavy atom. The summed E-state index contributed by atoms with van der Waals surface area (Å²) in [6, 6.07) is 7.07. The third kappa shape index (κ3) is 3.68. The molecule has 2 rings (SSSR count). The van der Waals surface area contributed by atoms with Gasteiger partial charge in [-0.3, -0.25) is 4.79 Å². The van der Waals surface area contributed by atoms with Crippen molar-refractivity contribution in [1.29, 1.82) is 0 Å². The molecule has 1 aliphatic heterocycles. The zero-order chi connectivity index (χ0) is 13.7. The molecule has 1 heterocycles. The van der Waals surface area contributed by atoms with Gasteiger partial charge in [0.1, 0.15) is 12.4 Å². The predicted octanol–water partition coefficient (Wildman–Crippen LogP) is 0.858. The lowest BCUT2D eigenvalue weighted by Crippen LogP contribution is -2.48. The summed E-state index contributed by atoms with van der Waals surface area (Å²) in [5.41, 5.74) is 6.44. The van der Waals surface area contributed by atoms with Gasteiger partial charge in [-0.05, 0) is 37.1 Å². The lowest BCUT2D eigenvalue weighted by molar-refractivity contribution is -0.149. The van der Waals surface area contributed by atoms with E-state index in [-0.39, 0.29) is 24.3 Å². The molecule has 1 amide bonds. The number of aromatic hydroxyl groups is 1.